The molecule has 1 amide bonds. The Morgan fingerprint density at radius 2 is 1.93 bits per heavy atom. The first kappa shape index (κ1) is 18.7. The number of halogens is 1. The second-order valence-electron chi connectivity index (χ2n) is 7.61. The highest BCUT2D eigenvalue weighted by Gasteiger charge is 2.38. The molecule has 0 bridgehead atoms. The van der Waals surface area contributed by atoms with Crippen molar-refractivity contribution in [3.05, 3.63) is 41.0 Å². The van der Waals surface area contributed by atoms with Gasteiger partial charge in [-0.15, -0.1) is 0 Å². The van der Waals surface area contributed by atoms with Gasteiger partial charge in [-0.05, 0) is 43.2 Å². The van der Waals surface area contributed by atoms with Gasteiger partial charge in [0.1, 0.15) is 5.15 Å². The maximum Gasteiger partial charge on any atom is 0.251 e. The van der Waals surface area contributed by atoms with Gasteiger partial charge in [-0.1, -0.05) is 30.9 Å². The van der Waals surface area contributed by atoms with Gasteiger partial charge in [0, 0.05) is 36.1 Å². The molecule has 144 valence electrons. The zero-order valence-corrected chi connectivity index (χ0v) is 16.3. The SMILES string of the molecule is O=C(NCC1(N2CCOCC2)CCCCC1)c1ccc2nc(Cl)ccc2c1. The average molecular weight is 388 g/mol. The van der Waals surface area contributed by atoms with E-state index in [0.29, 0.717) is 17.3 Å². The minimum absolute atomic E-state index is 0.0231. The molecule has 1 saturated heterocycles. The molecular formula is C21H26ClN3O2. The molecule has 1 aromatic carbocycles. The normalized spacial score (nSPS) is 20.5. The van der Waals surface area contributed by atoms with Gasteiger partial charge in [0.2, 0.25) is 0 Å². The van der Waals surface area contributed by atoms with E-state index >= 15 is 0 Å². The lowest BCUT2D eigenvalue weighted by Gasteiger charge is -2.48. The number of benzene rings is 1. The van der Waals surface area contributed by atoms with E-state index in [0.717, 1.165) is 50.0 Å². The molecule has 0 radical (unpaired) electrons. The number of pyridine rings is 1. The van der Waals surface area contributed by atoms with Gasteiger partial charge in [0.25, 0.3) is 5.91 Å². The molecule has 4 rings (SSSR count). The minimum Gasteiger partial charge on any atom is -0.379 e. The second-order valence-corrected chi connectivity index (χ2v) is 8.00. The van der Waals surface area contributed by atoms with Gasteiger partial charge >= 0.3 is 0 Å². The Hall–Kier alpha value is -1.69. The van der Waals surface area contributed by atoms with E-state index in [4.69, 9.17) is 16.3 Å². The van der Waals surface area contributed by atoms with Crippen LogP contribution in [0.15, 0.2) is 30.3 Å². The number of amides is 1. The van der Waals surface area contributed by atoms with E-state index < -0.39 is 0 Å². The summed E-state index contributed by atoms with van der Waals surface area (Å²) in [4.78, 5) is 19.6. The van der Waals surface area contributed by atoms with Gasteiger partial charge in [0.05, 0.1) is 18.7 Å². The molecule has 1 saturated carbocycles. The smallest absolute Gasteiger partial charge is 0.251 e. The highest BCUT2D eigenvalue weighted by molar-refractivity contribution is 6.29. The zero-order valence-electron chi connectivity index (χ0n) is 15.5. The fourth-order valence-corrected chi connectivity index (χ4v) is 4.60. The van der Waals surface area contributed by atoms with Gasteiger partial charge in [-0.3, -0.25) is 9.69 Å². The predicted octanol–water partition coefficient (Wildman–Crippen LogP) is 3.65. The summed E-state index contributed by atoms with van der Waals surface area (Å²) < 4.78 is 5.54. The zero-order chi connectivity index (χ0) is 18.7. The average Bonchev–Trinajstić information content (AvgIpc) is 2.73. The molecule has 2 fully saturated rings. The van der Waals surface area contributed by atoms with E-state index in [1.54, 1.807) is 6.07 Å². The Kier molecular flexibility index (Phi) is 5.62. The minimum atomic E-state index is -0.0231. The van der Waals surface area contributed by atoms with Crippen LogP contribution in [-0.2, 0) is 4.74 Å². The first-order valence-corrected chi connectivity index (χ1v) is 10.2. The summed E-state index contributed by atoms with van der Waals surface area (Å²) in [6.07, 6.45) is 6.05. The maximum absolute atomic E-state index is 12.8. The fourth-order valence-electron chi connectivity index (χ4n) is 4.44. The summed E-state index contributed by atoms with van der Waals surface area (Å²) in [5.74, 6) is -0.0231. The molecule has 5 nitrogen and oxygen atoms in total. The molecule has 6 heteroatoms. The number of hydrogen-bond donors (Lipinski definition) is 1. The van der Waals surface area contributed by atoms with Crippen LogP contribution in [0.5, 0.6) is 0 Å². The molecule has 1 aliphatic carbocycles. The van der Waals surface area contributed by atoms with Crippen LogP contribution in [0.25, 0.3) is 10.9 Å². The molecule has 1 aromatic heterocycles. The van der Waals surface area contributed by atoms with Crippen LogP contribution in [0.3, 0.4) is 0 Å². The van der Waals surface area contributed by atoms with Crippen molar-refractivity contribution in [2.75, 3.05) is 32.8 Å². The molecule has 0 spiro atoms. The Balaban J connectivity index is 1.48. The monoisotopic (exact) mass is 387 g/mol. The van der Waals surface area contributed by atoms with Gasteiger partial charge in [-0.25, -0.2) is 4.98 Å². The number of morpholine rings is 1. The molecule has 0 atom stereocenters. The number of carbonyl (C=O) groups excluding carboxylic acids is 1. The standard InChI is InChI=1S/C21H26ClN3O2/c22-19-7-5-16-14-17(4-6-18(16)24-19)20(26)23-15-21(8-2-1-3-9-21)25-10-12-27-13-11-25/h4-7,14H,1-3,8-13,15H2,(H,23,26). The lowest BCUT2D eigenvalue weighted by Crippen LogP contribution is -2.59. The molecule has 1 aliphatic heterocycles. The number of nitrogens with one attached hydrogen (secondary N) is 1. The number of fused-ring (bicyclic) bond motifs is 1. The molecule has 2 heterocycles. The Bertz CT molecular complexity index is 814. The van der Waals surface area contributed by atoms with Crippen molar-refractivity contribution in [2.45, 2.75) is 37.6 Å². The van der Waals surface area contributed by atoms with Gasteiger partial charge < -0.3 is 10.1 Å². The van der Waals surface area contributed by atoms with E-state index in [-0.39, 0.29) is 11.4 Å². The highest BCUT2D eigenvalue weighted by Crippen LogP contribution is 2.34. The second kappa shape index (κ2) is 8.13. The lowest BCUT2D eigenvalue weighted by molar-refractivity contribution is -0.0361. The van der Waals surface area contributed by atoms with Crippen LogP contribution in [0, 0.1) is 0 Å². The molecule has 1 N–H and O–H groups in total. The summed E-state index contributed by atoms with van der Waals surface area (Å²) in [7, 11) is 0. The van der Waals surface area contributed by atoms with Crippen molar-refractivity contribution in [3.8, 4) is 0 Å². The summed E-state index contributed by atoms with van der Waals surface area (Å²) in [5.41, 5.74) is 1.54. The topological polar surface area (TPSA) is 54.5 Å². The number of nitrogens with zero attached hydrogens (tertiary/aromatic N) is 2. The molecular weight excluding hydrogens is 362 g/mol. The molecule has 2 aromatic rings. The van der Waals surface area contributed by atoms with Crippen molar-refractivity contribution < 1.29 is 9.53 Å². The summed E-state index contributed by atoms with van der Waals surface area (Å²) >= 11 is 5.94. The van der Waals surface area contributed by atoms with Crippen molar-refractivity contribution in [3.63, 3.8) is 0 Å². The third-order valence-electron chi connectivity index (χ3n) is 5.96. The van der Waals surface area contributed by atoms with Crippen LogP contribution < -0.4 is 5.32 Å². The van der Waals surface area contributed by atoms with E-state index in [9.17, 15) is 4.79 Å². The van der Waals surface area contributed by atoms with E-state index in [1.165, 1.54) is 19.3 Å². The molecule has 0 unspecified atom stereocenters. The van der Waals surface area contributed by atoms with Crippen molar-refractivity contribution in [2.24, 2.45) is 0 Å². The number of ether oxygens (including phenoxy) is 1. The lowest BCUT2D eigenvalue weighted by atomic mass is 9.79. The van der Waals surface area contributed by atoms with E-state index in [2.05, 4.69) is 15.2 Å². The van der Waals surface area contributed by atoms with Crippen molar-refractivity contribution in [1.29, 1.82) is 0 Å². The summed E-state index contributed by atoms with van der Waals surface area (Å²) in [6, 6.07) is 9.22. The number of carbonyl (C=O) groups is 1. The highest BCUT2D eigenvalue weighted by atomic mass is 35.5. The quantitative estimate of drug-likeness (QED) is 0.813. The molecule has 27 heavy (non-hydrogen) atoms. The summed E-state index contributed by atoms with van der Waals surface area (Å²) in [5, 5.41) is 4.60. The fraction of sp³-hybridized carbons (Fsp3) is 0.524. The number of aromatic nitrogens is 1. The van der Waals surface area contributed by atoms with Crippen molar-refractivity contribution in [1.82, 2.24) is 15.2 Å². The van der Waals surface area contributed by atoms with Crippen LogP contribution in [0.1, 0.15) is 42.5 Å². The first-order valence-electron chi connectivity index (χ1n) is 9.84. The van der Waals surface area contributed by atoms with Crippen LogP contribution in [-0.4, -0.2) is 54.2 Å². The first-order chi connectivity index (χ1) is 13.2. The third kappa shape index (κ3) is 4.10. The largest absolute Gasteiger partial charge is 0.379 e. The summed E-state index contributed by atoms with van der Waals surface area (Å²) in [6.45, 7) is 4.19. The number of rotatable bonds is 4. The van der Waals surface area contributed by atoms with Crippen molar-refractivity contribution >= 4 is 28.4 Å². The van der Waals surface area contributed by atoms with Crippen LogP contribution in [0.4, 0.5) is 0 Å². The molecule has 2 aliphatic rings. The van der Waals surface area contributed by atoms with Crippen LogP contribution in [0.2, 0.25) is 5.15 Å². The number of hydrogen-bond acceptors (Lipinski definition) is 4. The maximum atomic E-state index is 12.8. The predicted molar refractivity (Wildman–Crippen MR) is 107 cm³/mol. The Labute approximate surface area is 165 Å². The Morgan fingerprint density at radius 3 is 2.70 bits per heavy atom. The Morgan fingerprint density at radius 1 is 1.15 bits per heavy atom. The van der Waals surface area contributed by atoms with Gasteiger partial charge in [0.15, 0.2) is 0 Å². The van der Waals surface area contributed by atoms with Crippen LogP contribution >= 0.6 is 11.6 Å². The third-order valence-corrected chi connectivity index (χ3v) is 6.17. The van der Waals surface area contributed by atoms with E-state index in [1.807, 2.05) is 24.3 Å². The van der Waals surface area contributed by atoms with Gasteiger partial charge in [-0.2, -0.15) is 0 Å².